The summed E-state index contributed by atoms with van der Waals surface area (Å²) in [6, 6.07) is 44.1. The maximum atomic E-state index is 13.4. The van der Waals surface area contributed by atoms with Crippen LogP contribution in [0, 0.1) is 11.6 Å². The van der Waals surface area contributed by atoms with Crippen molar-refractivity contribution in [3.05, 3.63) is 175 Å². The largest absolute Gasteiger partial charge is 1.00 e. The fraction of sp³-hybridized carbons (Fsp3) is 0.0526. The van der Waals surface area contributed by atoms with E-state index in [4.69, 9.17) is 13.9 Å². The van der Waals surface area contributed by atoms with Crippen LogP contribution in [0.3, 0.4) is 0 Å². The Morgan fingerprint density at radius 3 is 1.23 bits per heavy atom. The lowest BCUT2D eigenvalue weighted by molar-refractivity contribution is -0.0000122. The third kappa shape index (κ3) is 7.72. The third-order valence-corrected chi connectivity index (χ3v) is 11.7. The van der Waals surface area contributed by atoms with Gasteiger partial charge in [0.15, 0.2) is 11.5 Å². The zero-order valence-electron chi connectivity index (χ0n) is 25.1. The molecule has 236 valence electrons. The predicted octanol–water partition coefficient (Wildman–Crippen LogP) is 4.95. The lowest BCUT2D eigenvalue weighted by Gasteiger charge is -2.26. The van der Waals surface area contributed by atoms with Gasteiger partial charge in [-0.25, -0.2) is 18.7 Å². The van der Waals surface area contributed by atoms with Gasteiger partial charge in [-0.3, -0.25) is 0 Å². The average molecular weight is 667 g/mol. The second-order valence-corrected chi connectivity index (χ2v) is 13.9. The van der Waals surface area contributed by atoms with Crippen LogP contribution >= 0.6 is 7.26 Å². The number of hydrogen-bond acceptors (Lipinski definition) is 5. The molecule has 0 saturated heterocycles. The number of benzene rings is 5. The highest BCUT2D eigenvalue weighted by molar-refractivity contribution is 7.95. The van der Waals surface area contributed by atoms with Crippen LogP contribution in [0.25, 0.3) is 22.6 Å². The van der Waals surface area contributed by atoms with E-state index < -0.39 is 7.26 Å². The fourth-order valence-corrected chi connectivity index (χ4v) is 9.27. The van der Waals surface area contributed by atoms with Crippen LogP contribution in [0.1, 0.15) is 11.8 Å². The van der Waals surface area contributed by atoms with Crippen molar-refractivity contribution >= 4 is 23.2 Å². The molecular weight excluding hydrogens is 637 g/mol. The molecule has 0 bridgehead atoms. The van der Waals surface area contributed by atoms with Crippen molar-refractivity contribution in [2.45, 2.75) is 12.8 Å². The summed E-state index contributed by atoms with van der Waals surface area (Å²) in [4.78, 5) is 8.47. The first-order chi connectivity index (χ1) is 22.5. The van der Waals surface area contributed by atoms with Gasteiger partial charge >= 0.3 is 0 Å². The normalized spacial score (nSPS) is 10.9. The molecule has 0 unspecified atom stereocenters. The monoisotopic (exact) mass is 666 g/mol. The molecule has 1 N–H and O–H groups in total. The Labute approximate surface area is 278 Å². The smallest absolute Gasteiger partial charge is 0.233 e. The zero-order chi connectivity index (χ0) is 31.8. The van der Waals surface area contributed by atoms with Crippen LogP contribution in [0.5, 0.6) is 0 Å². The Morgan fingerprint density at radius 1 is 0.511 bits per heavy atom. The molecule has 47 heavy (non-hydrogen) atoms. The molecular formula is C38H30ClF2N2O3P. The lowest BCUT2D eigenvalue weighted by atomic mass is 10.2. The van der Waals surface area contributed by atoms with E-state index in [0.29, 0.717) is 23.6 Å². The number of halogens is 3. The number of aliphatic hydroxyl groups is 1. The Morgan fingerprint density at radius 2 is 0.872 bits per heavy atom. The van der Waals surface area contributed by atoms with E-state index in [-0.39, 0.29) is 36.5 Å². The quantitative estimate of drug-likeness (QED) is 0.233. The van der Waals surface area contributed by atoms with Crippen LogP contribution in [-0.2, 0) is 12.8 Å². The molecule has 0 atom stereocenters. The molecule has 0 aliphatic heterocycles. The molecule has 0 saturated carbocycles. The standard InChI is InChI=1S/C28H22FNOP.C10H8FNO2.ClH/c29-23-18-16-22(17-19-23)27-20-30-28(31-27)21-32(24-10-4-1-5-11-24,25-12-6-2-7-13-25)26-14-8-3-9-15-26;11-8-3-1-7(2-4-8)9-5-12-10(6-13)14-9;/h1-20H,21H2;1-5,13H,6H2;1H/q+1;;/p-1. The van der Waals surface area contributed by atoms with Gasteiger partial charge in [-0.2, -0.15) is 0 Å². The molecule has 0 radical (unpaired) electrons. The molecule has 0 aliphatic rings. The van der Waals surface area contributed by atoms with Crippen LogP contribution in [0.2, 0.25) is 0 Å². The van der Waals surface area contributed by atoms with Gasteiger partial charge in [-0.05, 0) is 84.9 Å². The van der Waals surface area contributed by atoms with Gasteiger partial charge < -0.3 is 26.3 Å². The summed E-state index contributed by atoms with van der Waals surface area (Å²) < 4.78 is 37.3. The fourth-order valence-electron chi connectivity index (χ4n) is 5.23. The van der Waals surface area contributed by atoms with Gasteiger partial charge in [-0.1, -0.05) is 54.6 Å². The van der Waals surface area contributed by atoms with Crippen molar-refractivity contribution in [3.63, 3.8) is 0 Å². The Kier molecular flexibility index (Phi) is 11.1. The van der Waals surface area contributed by atoms with Crippen molar-refractivity contribution in [2.24, 2.45) is 0 Å². The zero-order valence-corrected chi connectivity index (χ0v) is 26.7. The highest BCUT2D eigenvalue weighted by Crippen LogP contribution is 2.58. The minimum atomic E-state index is -2.08. The van der Waals surface area contributed by atoms with Gasteiger partial charge in [0.2, 0.25) is 11.8 Å². The number of rotatable bonds is 8. The highest BCUT2D eigenvalue weighted by atomic mass is 35.5. The summed E-state index contributed by atoms with van der Waals surface area (Å²) in [5.41, 5.74) is 1.55. The number of nitrogens with zero attached hydrogens (tertiary/aromatic N) is 2. The minimum absolute atomic E-state index is 0. The molecule has 5 nitrogen and oxygen atoms in total. The van der Waals surface area contributed by atoms with E-state index in [1.165, 1.54) is 46.4 Å². The Hall–Kier alpha value is -4.94. The maximum Gasteiger partial charge on any atom is 0.233 e. The van der Waals surface area contributed by atoms with Gasteiger partial charge in [0.1, 0.15) is 47.6 Å². The van der Waals surface area contributed by atoms with E-state index in [1.54, 1.807) is 30.5 Å². The van der Waals surface area contributed by atoms with Crippen molar-refractivity contribution in [3.8, 4) is 22.6 Å². The molecule has 5 aromatic carbocycles. The van der Waals surface area contributed by atoms with Crippen LogP contribution in [0.4, 0.5) is 8.78 Å². The highest BCUT2D eigenvalue weighted by Gasteiger charge is 2.46. The van der Waals surface area contributed by atoms with Crippen LogP contribution in [0.15, 0.2) is 161 Å². The summed E-state index contributed by atoms with van der Waals surface area (Å²) in [6.45, 7) is -0.235. The van der Waals surface area contributed by atoms with E-state index in [9.17, 15) is 8.78 Å². The molecule has 2 heterocycles. The van der Waals surface area contributed by atoms with Crippen molar-refractivity contribution in [1.82, 2.24) is 9.97 Å². The van der Waals surface area contributed by atoms with E-state index >= 15 is 0 Å². The van der Waals surface area contributed by atoms with Gasteiger partial charge in [0, 0.05) is 11.1 Å². The number of aliphatic hydroxyl groups excluding tert-OH is 1. The SMILES string of the molecule is Fc1ccc(-c2cnc(C[P+](c3ccccc3)(c3ccccc3)c3ccccc3)o2)cc1.OCc1ncc(-c2ccc(F)cc2)o1.[Cl-]. The van der Waals surface area contributed by atoms with E-state index in [2.05, 4.69) is 82.8 Å². The summed E-state index contributed by atoms with van der Waals surface area (Å²) >= 11 is 0. The molecule has 0 spiro atoms. The summed E-state index contributed by atoms with van der Waals surface area (Å²) in [5.74, 6) is 1.53. The number of oxazole rings is 2. The predicted molar refractivity (Wildman–Crippen MR) is 179 cm³/mol. The summed E-state index contributed by atoms with van der Waals surface area (Å²) in [6.07, 6.45) is 3.89. The van der Waals surface area contributed by atoms with Gasteiger partial charge in [0.25, 0.3) is 0 Å². The third-order valence-electron chi connectivity index (χ3n) is 7.46. The first-order valence-electron chi connectivity index (χ1n) is 14.6. The average Bonchev–Trinajstić information content (AvgIpc) is 3.80. The van der Waals surface area contributed by atoms with E-state index in [1.807, 2.05) is 18.2 Å². The maximum absolute atomic E-state index is 13.4. The molecule has 0 fully saturated rings. The number of aromatic nitrogens is 2. The molecule has 2 aromatic heterocycles. The second kappa shape index (κ2) is 15.6. The topological polar surface area (TPSA) is 72.3 Å². The van der Waals surface area contributed by atoms with Crippen molar-refractivity contribution in [1.29, 1.82) is 0 Å². The van der Waals surface area contributed by atoms with Crippen LogP contribution < -0.4 is 28.3 Å². The first kappa shape index (κ1) is 33.4. The Bertz CT molecular complexity index is 1870. The minimum Gasteiger partial charge on any atom is -1.00 e. The van der Waals surface area contributed by atoms with Gasteiger partial charge in [-0.15, -0.1) is 0 Å². The molecule has 7 aromatic rings. The molecule has 9 heteroatoms. The summed E-state index contributed by atoms with van der Waals surface area (Å²) in [7, 11) is -2.08. The molecule has 0 amide bonds. The van der Waals surface area contributed by atoms with Crippen molar-refractivity contribution < 1.29 is 35.1 Å². The van der Waals surface area contributed by atoms with E-state index in [0.717, 1.165) is 11.1 Å². The summed E-state index contributed by atoms with van der Waals surface area (Å²) in [5, 5.41) is 12.6. The van der Waals surface area contributed by atoms with Crippen LogP contribution in [-0.4, -0.2) is 15.1 Å². The number of hydrogen-bond donors (Lipinski definition) is 1. The second-order valence-electron chi connectivity index (χ2n) is 10.4. The lowest BCUT2D eigenvalue weighted by Crippen LogP contribution is -3.00. The Balaban J connectivity index is 0.000000243. The molecule has 7 rings (SSSR count). The van der Waals surface area contributed by atoms with Crippen molar-refractivity contribution in [2.75, 3.05) is 0 Å². The van der Waals surface area contributed by atoms with Gasteiger partial charge in [0.05, 0.1) is 12.4 Å². The first-order valence-corrected chi connectivity index (χ1v) is 16.6. The molecule has 0 aliphatic carbocycles.